The molecule has 1 aliphatic heterocycles. The summed E-state index contributed by atoms with van der Waals surface area (Å²) in [6, 6.07) is 0.376. The highest BCUT2D eigenvalue weighted by Crippen LogP contribution is 2.19. The van der Waals surface area contributed by atoms with Gasteiger partial charge >= 0.3 is 0 Å². The minimum absolute atomic E-state index is 0.0734. The van der Waals surface area contributed by atoms with Gasteiger partial charge in [0, 0.05) is 24.9 Å². The van der Waals surface area contributed by atoms with E-state index in [1.165, 1.54) is 4.90 Å². The molecule has 1 aliphatic rings. The summed E-state index contributed by atoms with van der Waals surface area (Å²) in [6.07, 6.45) is 0.337. The Hall–Kier alpha value is -1.16. The number of imide groups is 1. The number of nitrogens with zero attached hydrogens (tertiary/aromatic N) is 1. The van der Waals surface area contributed by atoms with Crippen LogP contribution >= 0.6 is 0 Å². The maximum Gasteiger partial charge on any atom is 0.232 e. The first-order valence-electron chi connectivity index (χ1n) is 5.66. The van der Waals surface area contributed by atoms with Crippen molar-refractivity contribution in [2.75, 3.05) is 13.1 Å². The number of nitrogens with one attached hydrogen (secondary N) is 1. The molecule has 1 fully saturated rings. The van der Waals surface area contributed by atoms with Gasteiger partial charge < -0.3 is 5.32 Å². The van der Waals surface area contributed by atoms with Crippen LogP contribution in [-0.2, 0) is 9.59 Å². The van der Waals surface area contributed by atoms with Crippen LogP contribution in [0.4, 0.5) is 0 Å². The van der Waals surface area contributed by atoms with Crippen LogP contribution in [0.3, 0.4) is 0 Å². The first kappa shape index (κ1) is 12.9. The number of carbonyl (C=O) groups excluding carboxylic acids is 2. The molecule has 0 aromatic rings. The van der Waals surface area contributed by atoms with E-state index in [1.54, 1.807) is 6.92 Å². The van der Waals surface area contributed by atoms with Gasteiger partial charge in [0.2, 0.25) is 11.8 Å². The molecule has 1 atom stereocenters. The molecule has 0 aromatic carbocycles. The summed E-state index contributed by atoms with van der Waals surface area (Å²) in [6.45, 7) is 10.7. The maximum absolute atomic E-state index is 11.6. The molecule has 0 aliphatic carbocycles. The summed E-state index contributed by atoms with van der Waals surface area (Å²) >= 11 is 0. The third-order valence-corrected chi connectivity index (χ3v) is 2.61. The zero-order chi connectivity index (χ0) is 12.3. The minimum atomic E-state index is -0.168. The molecule has 1 saturated heterocycles. The zero-order valence-corrected chi connectivity index (χ0v) is 10.2. The van der Waals surface area contributed by atoms with Gasteiger partial charge in [0.25, 0.3) is 0 Å². The largest absolute Gasteiger partial charge is 0.311 e. The summed E-state index contributed by atoms with van der Waals surface area (Å²) in [5.41, 5.74) is 0.865. The molecule has 0 saturated carbocycles. The third kappa shape index (κ3) is 3.17. The fourth-order valence-corrected chi connectivity index (χ4v) is 1.64. The lowest BCUT2D eigenvalue weighted by Crippen LogP contribution is -2.35. The molecule has 1 heterocycles. The zero-order valence-electron chi connectivity index (χ0n) is 10.2. The third-order valence-electron chi connectivity index (χ3n) is 2.61. The van der Waals surface area contributed by atoms with Crippen LogP contribution in [0.1, 0.15) is 27.2 Å². The number of likely N-dealkylation sites (tertiary alicyclic amines) is 1. The van der Waals surface area contributed by atoms with E-state index in [0.29, 0.717) is 25.6 Å². The van der Waals surface area contributed by atoms with Crippen molar-refractivity contribution in [3.8, 4) is 0 Å². The van der Waals surface area contributed by atoms with Crippen LogP contribution in [0.5, 0.6) is 0 Å². The molecule has 1 unspecified atom stereocenters. The molecule has 1 rings (SSSR count). The van der Waals surface area contributed by atoms with Crippen molar-refractivity contribution in [3.05, 3.63) is 12.2 Å². The summed E-state index contributed by atoms with van der Waals surface area (Å²) in [4.78, 5) is 24.5. The first-order chi connectivity index (χ1) is 7.41. The molecule has 4 nitrogen and oxygen atoms in total. The highest BCUT2D eigenvalue weighted by Gasteiger charge is 2.35. The average molecular weight is 224 g/mol. The van der Waals surface area contributed by atoms with Gasteiger partial charge in [0.15, 0.2) is 0 Å². The van der Waals surface area contributed by atoms with Crippen LogP contribution in [0.2, 0.25) is 0 Å². The lowest BCUT2D eigenvalue weighted by molar-refractivity contribution is -0.138. The lowest BCUT2D eigenvalue weighted by Gasteiger charge is -2.17. The monoisotopic (exact) mass is 224 g/mol. The predicted octanol–water partition coefficient (Wildman–Crippen LogP) is 0.936. The van der Waals surface area contributed by atoms with Crippen LogP contribution < -0.4 is 5.32 Å². The van der Waals surface area contributed by atoms with Crippen LogP contribution in [0.25, 0.3) is 0 Å². The number of rotatable bonds is 5. The molecule has 2 amide bonds. The Morgan fingerprint density at radius 2 is 2.19 bits per heavy atom. The van der Waals surface area contributed by atoms with Crippen LogP contribution in [0, 0.1) is 5.92 Å². The number of carbonyl (C=O) groups is 2. The quantitative estimate of drug-likeness (QED) is 0.558. The van der Waals surface area contributed by atoms with Gasteiger partial charge in [-0.05, 0) is 5.57 Å². The Balaban J connectivity index is 2.45. The van der Waals surface area contributed by atoms with Crippen LogP contribution in [0.15, 0.2) is 12.2 Å². The second-order valence-electron chi connectivity index (χ2n) is 4.71. The molecular weight excluding hydrogens is 204 g/mol. The van der Waals surface area contributed by atoms with Crippen molar-refractivity contribution in [2.24, 2.45) is 5.92 Å². The lowest BCUT2D eigenvalue weighted by atomic mass is 10.1. The SMILES string of the molecule is C=C(CNC(C)C)CN1C(=O)CC(C)C1=O. The Bertz CT molecular complexity index is 310. The molecule has 0 radical (unpaired) electrons. The Labute approximate surface area is 96.7 Å². The Kier molecular flexibility index (Phi) is 4.24. The predicted molar refractivity (Wildman–Crippen MR) is 62.8 cm³/mol. The number of hydrogen-bond acceptors (Lipinski definition) is 3. The van der Waals surface area contributed by atoms with E-state index in [1.807, 2.05) is 13.8 Å². The van der Waals surface area contributed by atoms with E-state index >= 15 is 0 Å². The molecular formula is C12H20N2O2. The summed E-state index contributed by atoms with van der Waals surface area (Å²) in [5.74, 6) is -0.322. The molecule has 0 bridgehead atoms. The number of hydrogen-bond donors (Lipinski definition) is 1. The molecule has 0 aromatic heterocycles. The van der Waals surface area contributed by atoms with Crippen LogP contribution in [-0.4, -0.2) is 35.8 Å². The van der Waals surface area contributed by atoms with Gasteiger partial charge in [-0.2, -0.15) is 0 Å². The van der Waals surface area contributed by atoms with E-state index in [2.05, 4.69) is 11.9 Å². The van der Waals surface area contributed by atoms with Gasteiger partial charge in [-0.15, -0.1) is 0 Å². The van der Waals surface area contributed by atoms with E-state index < -0.39 is 0 Å². The Morgan fingerprint density at radius 3 is 2.62 bits per heavy atom. The standard InChI is InChI=1S/C12H20N2O2/c1-8(2)13-6-9(3)7-14-11(15)5-10(4)12(14)16/h8,10,13H,3,5-7H2,1-2,4H3. The van der Waals surface area contributed by atoms with E-state index in [0.717, 1.165) is 5.57 Å². The minimum Gasteiger partial charge on any atom is -0.311 e. The molecule has 1 N–H and O–H groups in total. The van der Waals surface area contributed by atoms with Crippen molar-refractivity contribution in [1.29, 1.82) is 0 Å². The van der Waals surface area contributed by atoms with E-state index in [-0.39, 0.29) is 17.7 Å². The summed E-state index contributed by atoms with van der Waals surface area (Å²) in [5, 5.41) is 3.21. The fourth-order valence-electron chi connectivity index (χ4n) is 1.64. The average Bonchev–Trinajstić information content (AvgIpc) is 2.42. The van der Waals surface area contributed by atoms with Crippen molar-refractivity contribution >= 4 is 11.8 Å². The summed E-state index contributed by atoms with van der Waals surface area (Å²) in [7, 11) is 0. The number of amides is 2. The van der Waals surface area contributed by atoms with E-state index in [9.17, 15) is 9.59 Å². The maximum atomic E-state index is 11.6. The second-order valence-corrected chi connectivity index (χ2v) is 4.71. The topological polar surface area (TPSA) is 49.4 Å². The van der Waals surface area contributed by atoms with Gasteiger partial charge in [-0.25, -0.2) is 0 Å². The highest BCUT2D eigenvalue weighted by atomic mass is 16.2. The van der Waals surface area contributed by atoms with Crippen molar-refractivity contribution in [1.82, 2.24) is 10.2 Å². The molecule has 16 heavy (non-hydrogen) atoms. The van der Waals surface area contributed by atoms with Crippen molar-refractivity contribution < 1.29 is 9.59 Å². The molecule has 4 heteroatoms. The van der Waals surface area contributed by atoms with E-state index in [4.69, 9.17) is 0 Å². The van der Waals surface area contributed by atoms with Gasteiger partial charge in [0.1, 0.15) is 0 Å². The van der Waals surface area contributed by atoms with Crippen molar-refractivity contribution in [3.63, 3.8) is 0 Å². The second kappa shape index (κ2) is 5.25. The smallest absolute Gasteiger partial charge is 0.232 e. The van der Waals surface area contributed by atoms with Gasteiger partial charge in [-0.3, -0.25) is 14.5 Å². The van der Waals surface area contributed by atoms with Gasteiger partial charge in [-0.1, -0.05) is 27.4 Å². The summed E-state index contributed by atoms with van der Waals surface area (Å²) < 4.78 is 0. The first-order valence-corrected chi connectivity index (χ1v) is 5.66. The molecule has 0 spiro atoms. The molecule has 90 valence electrons. The fraction of sp³-hybridized carbons (Fsp3) is 0.667. The van der Waals surface area contributed by atoms with Crippen molar-refractivity contribution in [2.45, 2.75) is 33.2 Å². The van der Waals surface area contributed by atoms with Gasteiger partial charge in [0.05, 0.1) is 6.54 Å². The highest BCUT2D eigenvalue weighted by molar-refractivity contribution is 6.03. The normalized spacial score (nSPS) is 21.0. The Morgan fingerprint density at radius 1 is 1.56 bits per heavy atom.